The average molecular weight is 609 g/mol. The van der Waals surface area contributed by atoms with Gasteiger partial charge in [-0.2, -0.15) is 0 Å². The summed E-state index contributed by atoms with van der Waals surface area (Å²) in [4.78, 5) is 0. The van der Waals surface area contributed by atoms with Gasteiger partial charge >= 0.3 is 208 Å². The zero-order chi connectivity index (χ0) is 24.2. The number of hydrogen-bond donors (Lipinski definition) is 0. The zero-order valence-corrected chi connectivity index (χ0v) is 25.3. The van der Waals surface area contributed by atoms with Crippen molar-refractivity contribution in [1.29, 1.82) is 0 Å². The van der Waals surface area contributed by atoms with Crippen LogP contribution in [0, 0.1) is 0 Å². The van der Waals surface area contributed by atoms with Crippen molar-refractivity contribution in [2.45, 2.75) is 70.3 Å². The molecule has 0 aromatic heterocycles. The van der Waals surface area contributed by atoms with E-state index < -0.39 is 20.4 Å². The van der Waals surface area contributed by atoms with E-state index in [9.17, 15) is 0 Å². The van der Waals surface area contributed by atoms with Crippen LogP contribution in [0.1, 0.15) is 58.2 Å². The minimum atomic E-state index is -3.38. The van der Waals surface area contributed by atoms with Crippen LogP contribution >= 0.6 is 0 Å². The molecule has 0 N–H and O–H groups in total. The van der Waals surface area contributed by atoms with Crippen molar-refractivity contribution in [1.82, 2.24) is 0 Å². The molecule has 3 aromatic carbocycles. The molecule has 0 aliphatic rings. The van der Waals surface area contributed by atoms with Gasteiger partial charge in [0.25, 0.3) is 0 Å². The van der Waals surface area contributed by atoms with E-state index >= 15 is 0 Å². The SMILES string of the molecule is C[O][Hf]([CH2]C(C)(C)c1ccccc1)([CH2]C(C)(C)c1ccccc1)[CH2]C(C)(C)c1ccccc1. The molecular formula is C31H42HfO. The Hall–Kier alpha value is -1.51. The fourth-order valence-electron chi connectivity index (χ4n) is 5.79. The molecule has 3 rings (SSSR count). The molecule has 176 valence electrons. The Kier molecular flexibility index (Phi) is 8.23. The van der Waals surface area contributed by atoms with Crippen molar-refractivity contribution in [3.63, 3.8) is 0 Å². The van der Waals surface area contributed by atoms with Crippen LogP contribution in [0.2, 0.25) is 12.5 Å². The van der Waals surface area contributed by atoms with Crippen LogP contribution in [0.3, 0.4) is 0 Å². The van der Waals surface area contributed by atoms with Gasteiger partial charge in [0, 0.05) is 0 Å². The van der Waals surface area contributed by atoms with Gasteiger partial charge in [0.15, 0.2) is 0 Å². The summed E-state index contributed by atoms with van der Waals surface area (Å²) in [5.74, 6) is 0. The van der Waals surface area contributed by atoms with Crippen molar-refractivity contribution in [3.05, 3.63) is 108 Å². The summed E-state index contributed by atoms with van der Waals surface area (Å²) in [5, 5.41) is 0. The first kappa shape index (κ1) is 26.1. The summed E-state index contributed by atoms with van der Waals surface area (Å²) in [6.45, 7) is 14.5. The van der Waals surface area contributed by atoms with Gasteiger partial charge in [-0.05, 0) is 0 Å². The molecule has 0 spiro atoms. The van der Waals surface area contributed by atoms with E-state index in [2.05, 4.69) is 133 Å². The topological polar surface area (TPSA) is 9.23 Å². The van der Waals surface area contributed by atoms with Gasteiger partial charge in [-0.1, -0.05) is 0 Å². The molecule has 3 aromatic rings. The quantitative estimate of drug-likeness (QED) is 0.209. The summed E-state index contributed by atoms with van der Waals surface area (Å²) in [6.07, 6.45) is 0. The fraction of sp³-hybridized carbons (Fsp3) is 0.419. The van der Waals surface area contributed by atoms with Crippen molar-refractivity contribution < 1.29 is 23.3 Å². The number of benzene rings is 3. The molecule has 0 atom stereocenters. The van der Waals surface area contributed by atoms with E-state index in [1.54, 1.807) is 0 Å². The van der Waals surface area contributed by atoms with Crippen LogP contribution in [0.5, 0.6) is 0 Å². The normalized spacial score (nSPS) is 13.2. The van der Waals surface area contributed by atoms with E-state index in [1.165, 1.54) is 29.2 Å². The Morgan fingerprint density at radius 1 is 0.485 bits per heavy atom. The molecule has 0 bridgehead atoms. The number of rotatable bonds is 10. The van der Waals surface area contributed by atoms with E-state index in [-0.39, 0.29) is 16.2 Å². The molecule has 0 saturated carbocycles. The molecule has 2 heteroatoms. The molecule has 0 saturated heterocycles. The van der Waals surface area contributed by atoms with Crippen molar-refractivity contribution in [2.75, 3.05) is 7.11 Å². The molecule has 0 unspecified atom stereocenters. The maximum atomic E-state index is 6.83. The van der Waals surface area contributed by atoms with E-state index in [4.69, 9.17) is 2.85 Å². The van der Waals surface area contributed by atoms with Crippen LogP contribution in [0.4, 0.5) is 0 Å². The maximum absolute atomic E-state index is 6.83. The van der Waals surface area contributed by atoms with Crippen LogP contribution in [-0.4, -0.2) is 7.11 Å². The van der Waals surface area contributed by atoms with Gasteiger partial charge in [-0.15, -0.1) is 0 Å². The third-order valence-electron chi connectivity index (χ3n) is 7.39. The first-order valence-electron chi connectivity index (χ1n) is 12.2. The van der Waals surface area contributed by atoms with E-state index in [0.717, 1.165) is 0 Å². The van der Waals surface area contributed by atoms with Crippen molar-refractivity contribution in [2.24, 2.45) is 0 Å². The van der Waals surface area contributed by atoms with Gasteiger partial charge in [0.2, 0.25) is 0 Å². The molecule has 0 aliphatic carbocycles. The first-order valence-corrected chi connectivity index (χ1v) is 21.3. The molecule has 0 aliphatic heterocycles. The van der Waals surface area contributed by atoms with Gasteiger partial charge < -0.3 is 0 Å². The Morgan fingerprint density at radius 3 is 0.939 bits per heavy atom. The van der Waals surface area contributed by atoms with Crippen LogP contribution in [-0.2, 0) is 39.5 Å². The van der Waals surface area contributed by atoms with Gasteiger partial charge in [0.1, 0.15) is 0 Å². The Bertz CT molecular complexity index is 861. The molecule has 0 fully saturated rings. The Balaban J connectivity index is 2.04. The molecule has 0 heterocycles. The third-order valence-corrected chi connectivity index (χ3v) is 27.0. The summed E-state index contributed by atoms with van der Waals surface area (Å²) in [5.41, 5.74) is 4.50. The predicted octanol–water partition coefficient (Wildman–Crippen LogP) is 8.89. The Labute approximate surface area is 207 Å². The molecular weight excluding hydrogens is 567 g/mol. The van der Waals surface area contributed by atoms with E-state index in [1.807, 2.05) is 7.11 Å². The van der Waals surface area contributed by atoms with Crippen molar-refractivity contribution in [3.8, 4) is 0 Å². The third kappa shape index (κ3) is 6.55. The van der Waals surface area contributed by atoms with E-state index in [0.29, 0.717) is 0 Å². The average Bonchev–Trinajstić information content (AvgIpc) is 2.80. The standard InChI is InChI=1S/3C10H13.CH3O.Hf/c3*1-10(2,3)9-7-5-4-6-8-9;1-2;/h3*4-8H,1H2,2-3H3;1H3;/q;;;-1;+1. The minimum absolute atomic E-state index is 0.0817. The summed E-state index contributed by atoms with van der Waals surface area (Å²) in [7, 11) is 2.02. The fourth-order valence-corrected chi connectivity index (χ4v) is 28.3. The second-order valence-corrected chi connectivity index (χ2v) is 25.4. The van der Waals surface area contributed by atoms with Gasteiger partial charge in [0.05, 0.1) is 0 Å². The molecule has 0 radical (unpaired) electrons. The summed E-state index contributed by atoms with van der Waals surface area (Å²) >= 11 is -3.38. The van der Waals surface area contributed by atoms with Crippen LogP contribution < -0.4 is 0 Å². The van der Waals surface area contributed by atoms with Crippen LogP contribution in [0.15, 0.2) is 91.0 Å². The molecule has 0 amide bonds. The predicted molar refractivity (Wildman–Crippen MR) is 140 cm³/mol. The zero-order valence-electron chi connectivity index (χ0n) is 21.7. The van der Waals surface area contributed by atoms with Gasteiger partial charge in [-0.3, -0.25) is 0 Å². The monoisotopic (exact) mass is 610 g/mol. The van der Waals surface area contributed by atoms with Gasteiger partial charge in [-0.25, -0.2) is 0 Å². The molecule has 33 heavy (non-hydrogen) atoms. The molecule has 1 nitrogen and oxygen atoms in total. The summed E-state index contributed by atoms with van der Waals surface area (Å²) < 4.78 is 10.4. The van der Waals surface area contributed by atoms with Crippen LogP contribution in [0.25, 0.3) is 0 Å². The first-order chi connectivity index (χ1) is 15.5. The Morgan fingerprint density at radius 2 is 0.727 bits per heavy atom. The second-order valence-electron chi connectivity index (χ2n) is 11.7. The second kappa shape index (κ2) is 10.4. The summed E-state index contributed by atoms with van der Waals surface area (Å²) in [6, 6.07) is 33.1. The van der Waals surface area contributed by atoms with Crippen molar-refractivity contribution >= 4 is 0 Å². The number of hydrogen-bond acceptors (Lipinski definition) is 1.